The van der Waals surface area contributed by atoms with Gasteiger partial charge in [-0.05, 0) is 26.7 Å². The summed E-state index contributed by atoms with van der Waals surface area (Å²) in [5.41, 5.74) is -4.21. The molecule has 0 radical (unpaired) electrons. The standard InChI is InChI=1S/C22H27F6N7O3/c1-3-35(15-4-6-34(7-5-15)20-29-8-14(9-30-20)21(23,24)25)17(36)12-38-11-13(2)32-16-10-31-33-19(37)18(16)22(26,27)28/h8-10,13,15H,3-7,11-12H2,1-2H3,(H2,32,33,37)/t13-/m0/s1. The maximum absolute atomic E-state index is 13.2. The number of nitrogens with zero attached hydrogens (tertiary/aromatic N) is 5. The molecule has 0 saturated carbocycles. The molecule has 0 spiro atoms. The number of halogens is 6. The molecule has 3 heterocycles. The summed E-state index contributed by atoms with van der Waals surface area (Å²) in [7, 11) is 0. The number of carbonyl (C=O) groups is 1. The van der Waals surface area contributed by atoms with Crippen LogP contribution >= 0.6 is 0 Å². The van der Waals surface area contributed by atoms with E-state index in [-0.39, 0.29) is 31.1 Å². The molecule has 0 bridgehead atoms. The minimum atomic E-state index is -4.88. The highest BCUT2D eigenvalue weighted by atomic mass is 19.4. The molecule has 1 fully saturated rings. The van der Waals surface area contributed by atoms with Crippen molar-refractivity contribution in [3.8, 4) is 0 Å². The average molecular weight is 551 g/mol. The molecule has 1 aliphatic heterocycles. The first-order chi connectivity index (χ1) is 17.8. The molecule has 0 aliphatic carbocycles. The van der Waals surface area contributed by atoms with E-state index >= 15 is 0 Å². The van der Waals surface area contributed by atoms with Gasteiger partial charge in [0, 0.05) is 44.1 Å². The highest BCUT2D eigenvalue weighted by Gasteiger charge is 2.37. The Morgan fingerprint density at radius 1 is 1.16 bits per heavy atom. The number of aromatic nitrogens is 4. The quantitative estimate of drug-likeness (QED) is 0.457. The van der Waals surface area contributed by atoms with Crippen LogP contribution in [0.2, 0.25) is 0 Å². The van der Waals surface area contributed by atoms with Gasteiger partial charge in [-0.3, -0.25) is 9.59 Å². The molecular weight excluding hydrogens is 524 g/mol. The third kappa shape index (κ3) is 7.33. The third-order valence-electron chi connectivity index (χ3n) is 5.95. The van der Waals surface area contributed by atoms with Gasteiger partial charge in [-0.25, -0.2) is 15.1 Å². The summed E-state index contributed by atoms with van der Waals surface area (Å²) >= 11 is 0. The van der Waals surface area contributed by atoms with Crippen molar-refractivity contribution in [2.45, 2.75) is 51.1 Å². The number of rotatable bonds is 9. The maximum Gasteiger partial charge on any atom is 0.423 e. The molecule has 0 aromatic carbocycles. The van der Waals surface area contributed by atoms with Crippen molar-refractivity contribution in [3.63, 3.8) is 0 Å². The van der Waals surface area contributed by atoms with Crippen LogP contribution in [0.3, 0.4) is 0 Å². The number of carbonyl (C=O) groups excluding carboxylic acids is 1. The van der Waals surface area contributed by atoms with Gasteiger partial charge in [0.05, 0.1) is 24.1 Å². The predicted molar refractivity (Wildman–Crippen MR) is 123 cm³/mol. The Morgan fingerprint density at radius 2 is 1.79 bits per heavy atom. The molecule has 3 rings (SSSR count). The molecule has 210 valence electrons. The fourth-order valence-corrected chi connectivity index (χ4v) is 4.15. The highest BCUT2D eigenvalue weighted by Crippen LogP contribution is 2.32. The molecule has 1 saturated heterocycles. The largest absolute Gasteiger partial charge is 0.423 e. The smallest absolute Gasteiger partial charge is 0.378 e. The van der Waals surface area contributed by atoms with Crippen molar-refractivity contribution in [1.29, 1.82) is 0 Å². The van der Waals surface area contributed by atoms with Crippen LogP contribution in [0.1, 0.15) is 37.8 Å². The fourth-order valence-electron chi connectivity index (χ4n) is 4.15. The van der Waals surface area contributed by atoms with Crippen molar-refractivity contribution in [3.05, 3.63) is 40.1 Å². The summed E-state index contributed by atoms with van der Waals surface area (Å²) in [6, 6.07) is -0.802. The molecule has 0 unspecified atom stereocenters. The molecule has 16 heteroatoms. The van der Waals surface area contributed by atoms with Gasteiger partial charge >= 0.3 is 12.4 Å². The van der Waals surface area contributed by atoms with E-state index in [0.29, 0.717) is 32.5 Å². The second-order valence-electron chi connectivity index (χ2n) is 8.71. The lowest BCUT2D eigenvalue weighted by atomic mass is 10.0. The highest BCUT2D eigenvalue weighted by molar-refractivity contribution is 5.77. The third-order valence-corrected chi connectivity index (χ3v) is 5.95. The molecule has 2 aromatic rings. The number of hydrogen-bond donors (Lipinski definition) is 2. The van der Waals surface area contributed by atoms with E-state index in [1.807, 2.05) is 0 Å². The van der Waals surface area contributed by atoms with Crippen molar-refractivity contribution in [2.75, 3.05) is 43.1 Å². The SMILES string of the molecule is CCN(C(=O)COC[C@H](C)Nc1cn[nH]c(=O)c1C(F)(F)F)C1CCN(c2ncc(C(F)(F)F)cn2)CC1. The summed E-state index contributed by atoms with van der Waals surface area (Å²) in [6.45, 7) is 4.18. The minimum absolute atomic E-state index is 0.114. The second kappa shape index (κ2) is 12.0. The summed E-state index contributed by atoms with van der Waals surface area (Å²) in [5, 5.41) is 7.67. The fraction of sp³-hybridized carbons (Fsp3) is 0.591. The van der Waals surface area contributed by atoms with Gasteiger partial charge in [-0.15, -0.1) is 0 Å². The molecule has 38 heavy (non-hydrogen) atoms. The molecule has 1 atom stereocenters. The van der Waals surface area contributed by atoms with Gasteiger partial charge in [-0.2, -0.15) is 31.4 Å². The number of anilines is 2. The number of H-pyrrole nitrogens is 1. The predicted octanol–water partition coefficient (Wildman–Crippen LogP) is 2.93. The van der Waals surface area contributed by atoms with E-state index in [1.54, 1.807) is 21.8 Å². The number of ether oxygens (including phenoxy) is 1. The zero-order chi connectivity index (χ0) is 28.1. The number of alkyl halides is 6. The first-order valence-corrected chi connectivity index (χ1v) is 11.7. The first-order valence-electron chi connectivity index (χ1n) is 11.7. The number of likely N-dealkylation sites (N-methyl/N-ethyl adjacent to an activating group) is 1. The van der Waals surface area contributed by atoms with Crippen LogP contribution in [0.15, 0.2) is 23.4 Å². The Bertz CT molecular complexity index is 1130. The number of piperidine rings is 1. The van der Waals surface area contributed by atoms with Crippen molar-refractivity contribution in [2.24, 2.45) is 0 Å². The Hall–Kier alpha value is -3.43. The van der Waals surface area contributed by atoms with E-state index < -0.39 is 40.8 Å². The van der Waals surface area contributed by atoms with Gasteiger partial charge in [-0.1, -0.05) is 0 Å². The monoisotopic (exact) mass is 551 g/mol. The van der Waals surface area contributed by atoms with E-state index in [2.05, 4.69) is 20.4 Å². The summed E-state index contributed by atoms with van der Waals surface area (Å²) in [6.07, 6.45) is -6.00. The Kier molecular flexibility index (Phi) is 9.17. The normalized spacial score (nSPS) is 15.8. The van der Waals surface area contributed by atoms with Crippen LogP contribution in [0.5, 0.6) is 0 Å². The van der Waals surface area contributed by atoms with Crippen LogP contribution < -0.4 is 15.8 Å². The van der Waals surface area contributed by atoms with E-state index in [9.17, 15) is 35.9 Å². The van der Waals surface area contributed by atoms with Crippen LogP contribution in [-0.2, 0) is 21.9 Å². The lowest BCUT2D eigenvalue weighted by Crippen LogP contribution is -2.49. The number of hydrogen-bond acceptors (Lipinski definition) is 8. The van der Waals surface area contributed by atoms with Gasteiger partial charge in [0.25, 0.3) is 5.56 Å². The topological polar surface area (TPSA) is 116 Å². The number of amides is 1. The van der Waals surface area contributed by atoms with Gasteiger partial charge in [0.15, 0.2) is 0 Å². The average Bonchev–Trinajstić information content (AvgIpc) is 2.84. The lowest BCUT2D eigenvalue weighted by molar-refractivity contribution is -0.139. The Morgan fingerprint density at radius 3 is 2.34 bits per heavy atom. The number of nitrogens with one attached hydrogen (secondary N) is 2. The second-order valence-corrected chi connectivity index (χ2v) is 8.71. The van der Waals surface area contributed by atoms with Crippen LogP contribution in [0.4, 0.5) is 38.0 Å². The van der Waals surface area contributed by atoms with E-state index in [0.717, 1.165) is 18.6 Å². The van der Waals surface area contributed by atoms with Gasteiger partial charge in [0.2, 0.25) is 11.9 Å². The summed E-state index contributed by atoms with van der Waals surface area (Å²) in [5.74, 6) is -0.127. The molecule has 1 aliphatic rings. The van der Waals surface area contributed by atoms with Crippen LogP contribution in [0, 0.1) is 0 Å². The van der Waals surface area contributed by atoms with Gasteiger partial charge in [0.1, 0.15) is 12.2 Å². The van der Waals surface area contributed by atoms with E-state index in [4.69, 9.17) is 4.74 Å². The van der Waals surface area contributed by atoms with Crippen molar-refractivity contribution >= 4 is 17.5 Å². The van der Waals surface area contributed by atoms with Crippen LogP contribution in [-0.4, -0.2) is 75.9 Å². The van der Waals surface area contributed by atoms with Crippen molar-refractivity contribution in [1.82, 2.24) is 25.1 Å². The first kappa shape index (κ1) is 29.1. The van der Waals surface area contributed by atoms with Gasteiger partial charge < -0.3 is 19.9 Å². The van der Waals surface area contributed by atoms with E-state index in [1.165, 1.54) is 6.92 Å². The molecule has 2 aromatic heterocycles. The maximum atomic E-state index is 13.2. The van der Waals surface area contributed by atoms with Crippen LogP contribution in [0.25, 0.3) is 0 Å². The molecule has 1 amide bonds. The zero-order valence-electron chi connectivity index (χ0n) is 20.6. The lowest BCUT2D eigenvalue weighted by Gasteiger charge is -2.38. The summed E-state index contributed by atoms with van der Waals surface area (Å²) < 4.78 is 83.1. The molecule has 2 N–H and O–H groups in total. The van der Waals surface area contributed by atoms with Crippen molar-refractivity contribution < 1.29 is 35.9 Å². The molecule has 10 nitrogen and oxygen atoms in total. The zero-order valence-corrected chi connectivity index (χ0v) is 20.6. The minimum Gasteiger partial charge on any atom is -0.378 e. The Labute approximate surface area is 213 Å². The number of aromatic amines is 1. The molecular formula is C22H27F6N7O3. The Balaban J connectivity index is 1.48. The summed E-state index contributed by atoms with van der Waals surface area (Å²) in [4.78, 5) is 35.3.